The molecule has 0 fully saturated rings. The summed E-state index contributed by atoms with van der Waals surface area (Å²) in [5.74, 6) is 0.987. The average Bonchev–Trinajstić information content (AvgIpc) is 3.22. The number of hydrogen-bond donors (Lipinski definition) is 1. The van der Waals surface area contributed by atoms with Crippen molar-refractivity contribution < 1.29 is 9.32 Å². The maximum atomic E-state index is 11.8. The molecule has 1 N–H and O–H groups in total. The number of aromatic nitrogens is 3. The molecule has 22 heavy (non-hydrogen) atoms. The Hall–Kier alpha value is -2.54. The lowest BCUT2D eigenvalue weighted by Crippen LogP contribution is -2.23. The first kappa shape index (κ1) is 14.4. The topological polar surface area (TPSA) is 80.9 Å². The van der Waals surface area contributed by atoms with Crippen LogP contribution in [0.5, 0.6) is 0 Å². The van der Waals surface area contributed by atoms with Crippen molar-refractivity contribution in [2.75, 3.05) is 0 Å². The zero-order valence-corrected chi connectivity index (χ0v) is 12.5. The third kappa shape index (κ3) is 3.76. The largest absolute Gasteiger partial charge is 0.352 e. The highest BCUT2D eigenvalue weighted by Crippen LogP contribution is 2.18. The molecule has 0 saturated heterocycles. The summed E-state index contributed by atoms with van der Waals surface area (Å²) in [5, 5.41) is 10.7. The van der Waals surface area contributed by atoms with Crippen LogP contribution in [0.25, 0.3) is 11.4 Å². The van der Waals surface area contributed by atoms with Crippen molar-refractivity contribution in [3.8, 4) is 11.4 Å². The Morgan fingerprint density at radius 2 is 2.14 bits per heavy atom. The lowest BCUT2D eigenvalue weighted by Gasteiger charge is -2.03. The van der Waals surface area contributed by atoms with Gasteiger partial charge in [-0.05, 0) is 29.1 Å². The van der Waals surface area contributed by atoms with Crippen molar-refractivity contribution in [1.82, 2.24) is 20.4 Å². The molecule has 0 spiro atoms. The number of nitrogens with zero attached hydrogens (tertiary/aromatic N) is 3. The quantitative estimate of drug-likeness (QED) is 0.756. The number of aryl methyl sites for hydroxylation is 1. The Morgan fingerprint density at radius 1 is 1.27 bits per heavy atom. The van der Waals surface area contributed by atoms with Crippen molar-refractivity contribution in [2.24, 2.45) is 0 Å². The van der Waals surface area contributed by atoms with E-state index in [1.807, 2.05) is 29.0 Å². The number of carbonyl (C=O) groups is 1. The molecule has 112 valence electrons. The molecule has 0 bridgehead atoms. The zero-order chi connectivity index (χ0) is 15.2. The molecule has 6 nitrogen and oxygen atoms in total. The lowest BCUT2D eigenvalue weighted by molar-refractivity contribution is -0.121. The molecule has 0 aliphatic rings. The molecule has 3 aromatic heterocycles. The summed E-state index contributed by atoms with van der Waals surface area (Å²) in [4.78, 5) is 20.0. The van der Waals surface area contributed by atoms with Gasteiger partial charge in [0.2, 0.25) is 17.6 Å². The van der Waals surface area contributed by atoms with Crippen LogP contribution in [-0.2, 0) is 17.8 Å². The molecule has 0 atom stereocenters. The summed E-state index contributed by atoms with van der Waals surface area (Å²) >= 11 is 1.58. The van der Waals surface area contributed by atoms with Gasteiger partial charge in [0.05, 0.1) is 0 Å². The molecule has 1 amide bonds. The Kier molecular flexibility index (Phi) is 4.55. The standard InChI is InChI=1S/C15H14N4O2S/c20-13(17-9-11-3-6-16-7-4-11)1-2-14-18-15(19-21-14)12-5-8-22-10-12/h3-8,10H,1-2,9H2,(H,17,20). The second-order valence-electron chi connectivity index (χ2n) is 4.66. The van der Waals surface area contributed by atoms with Crippen LogP contribution < -0.4 is 5.32 Å². The SMILES string of the molecule is O=C(CCc1nc(-c2ccsc2)no1)NCc1ccncc1. The second-order valence-corrected chi connectivity index (χ2v) is 5.44. The third-order valence-corrected chi connectivity index (χ3v) is 3.74. The summed E-state index contributed by atoms with van der Waals surface area (Å²) in [7, 11) is 0. The molecule has 0 radical (unpaired) electrons. The van der Waals surface area contributed by atoms with Gasteiger partial charge in [0.1, 0.15) is 0 Å². The summed E-state index contributed by atoms with van der Waals surface area (Å²) in [6.45, 7) is 0.491. The van der Waals surface area contributed by atoms with Gasteiger partial charge >= 0.3 is 0 Å². The fourth-order valence-corrected chi connectivity index (χ4v) is 2.51. The number of hydrogen-bond acceptors (Lipinski definition) is 6. The van der Waals surface area contributed by atoms with E-state index in [1.165, 1.54) is 0 Å². The molecule has 0 saturated carbocycles. The minimum atomic E-state index is -0.0490. The smallest absolute Gasteiger partial charge is 0.227 e. The summed E-state index contributed by atoms with van der Waals surface area (Å²) in [6.07, 6.45) is 4.15. The molecule has 7 heteroatoms. The van der Waals surface area contributed by atoms with E-state index in [0.29, 0.717) is 31.1 Å². The number of carbonyl (C=O) groups excluding carboxylic acids is 1. The maximum absolute atomic E-state index is 11.8. The predicted molar refractivity (Wildman–Crippen MR) is 82.0 cm³/mol. The minimum Gasteiger partial charge on any atom is -0.352 e. The first-order valence-corrected chi connectivity index (χ1v) is 7.76. The van der Waals surface area contributed by atoms with E-state index in [9.17, 15) is 4.79 Å². The van der Waals surface area contributed by atoms with E-state index in [1.54, 1.807) is 23.7 Å². The highest BCUT2D eigenvalue weighted by molar-refractivity contribution is 7.08. The Morgan fingerprint density at radius 3 is 2.91 bits per heavy atom. The van der Waals surface area contributed by atoms with Crippen molar-refractivity contribution in [2.45, 2.75) is 19.4 Å². The number of thiophene rings is 1. The average molecular weight is 314 g/mol. The van der Waals surface area contributed by atoms with Crippen LogP contribution in [0.1, 0.15) is 17.9 Å². The van der Waals surface area contributed by atoms with Gasteiger partial charge in [-0.3, -0.25) is 9.78 Å². The van der Waals surface area contributed by atoms with E-state index in [4.69, 9.17) is 4.52 Å². The van der Waals surface area contributed by atoms with Gasteiger partial charge in [0.15, 0.2) is 0 Å². The fraction of sp³-hybridized carbons (Fsp3) is 0.200. The van der Waals surface area contributed by atoms with Crippen LogP contribution in [0.3, 0.4) is 0 Å². The van der Waals surface area contributed by atoms with E-state index < -0.39 is 0 Å². The van der Waals surface area contributed by atoms with Crippen LogP contribution in [0, 0.1) is 0 Å². The zero-order valence-electron chi connectivity index (χ0n) is 11.7. The number of nitrogens with one attached hydrogen (secondary N) is 1. The molecule has 0 unspecified atom stereocenters. The van der Waals surface area contributed by atoms with Crippen molar-refractivity contribution in [3.05, 3.63) is 52.8 Å². The van der Waals surface area contributed by atoms with Gasteiger partial charge in [0, 0.05) is 42.7 Å². The van der Waals surface area contributed by atoms with Crippen LogP contribution in [0.15, 0.2) is 45.9 Å². The van der Waals surface area contributed by atoms with Crippen LogP contribution in [0.2, 0.25) is 0 Å². The molecular formula is C15H14N4O2S. The molecule has 0 aliphatic carbocycles. The number of pyridine rings is 1. The maximum Gasteiger partial charge on any atom is 0.227 e. The van der Waals surface area contributed by atoms with Gasteiger partial charge in [-0.2, -0.15) is 16.3 Å². The van der Waals surface area contributed by atoms with Crippen LogP contribution >= 0.6 is 11.3 Å². The van der Waals surface area contributed by atoms with Crippen LogP contribution in [0.4, 0.5) is 0 Å². The van der Waals surface area contributed by atoms with E-state index >= 15 is 0 Å². The van der Waals surface area contributed by atoms with E-state index in [-0.39, 0.29) is 5.91 Å². The first-order chi connectivity index (χ1) is 10.8. The van der Waals surface area contributed by atoms with E-state index in [0.717, 1.165) is 11.1 Å². The fourth-order valence-electron chi connectivity index (χ4n) is 1.88. The first-order valence-electron chi connectivity index (χ1n) is 6.82. The molecule has 3 heterocycles. The monoisotopic (exact) mass is 314 g/mol. The van der Waals surface area contributed by atoms with Crippen molar-refractivity contribution in [1.29, 1.82) is 0 Å². The molecular weight excluding hydrogens is 300 g/mol. The molecule has 3 rings (SSSR count). The van der Waals surface area contributed by atoms with Gasteiger partial charge in [-0.1, -0.05) is 5.16 Å². The highest BCUT2D eigenvalue weighted by atomic mass is 32.1. The number of rotatable bonds is 6. The molecule has 0 aliphatic heterocycles. The summed E-state index contributed by atoms with van der Waals surface area (Å²) in [5.41, 5.74) is 1.95. The summed E-state index contributed by atoms with van der Waals surface area (Å²) in [6, 6.07) is 5.66. The van der Waals surface area contributed by atoms with Crippen LogP contribution in [-0.4, -0.2) is 21.0 Å². The Labute approximate surface area is 131 Å². The van der Waals surface area contributed by atoms with Crippen molar-refractivity contribution >= 4 is 17.2 Å². The summed E-state index contributed by atoms with van der Waals surface area (Å²) < 4.78 is 5.16. The Bertz CT molecular complexity index is 725. The Balaban J connectivity index is 1.47. The van der Waals surface area contributed by atoms with Gasteiger partial charge in [-0.25, -0.2) is 0 Å². The second kappa shape index (κ2) is 6.95. The normalized spacial score (nSPS) is 10.5. The minimum absolute atomic E-state index is 0.0490. The molecule has 0 aromatic carbocycles. The lowest BCUT2D eigenvalue weighted by atomic mass is 10.2. The van der Waals surface area contributed by atoms with E-state index in [2.05, 4.69) is 20.4 Å². The van der Waals surface area contributed by atoms with Gasteiger partial charge in [-0.15, -0.1) is 0 Å². The number of amides is 1. The molecule has 3 aromatic rings. The predicted octanol–water partition coefficient (Wildman–Crippen LogP) is 2.44. The highest BCUT2D eigenvalue weighted by Gasteiger charge is 2.10. The van der Waals surface area contributed by atoms with Gasteiger partial charge in [0.25, 0.3) is 0 Å². The van der Waals surface area contributed by atoms with Crippen molar-refractivity contribution in [3.63, 3.8) is 0 Å². The van der Waals surface area contributed by atoms with Gasteiger partial charge < -0.3 is 9.84 Å². The third-order valence-electron chi connectivity index (χ3n) is 3.05.